The van der Waals surface area contributed by atoms with Gasteiger partial charge in [-0.1, -0.05) is 36.4 Å². The Morgan fingerprint density at radius 2 is 1.41 bits per heavy atom. The highest BCUT2D eigenvalue weighted by Gasteiger charge is 2.11. The predicted octanol–water partition coefficient (Wildman–Crippen LogP) is 3.04. The fourth-order valence-corrected chi connectivity index (χ4v) is 3.64. The van der Waals surface area contributed by atoms with Crippen molar-refractivity contribution in [2.75, 3.05) is 13.1 Å². The number of rotatable bonds is 9. The zero-order valence-corrected chi connectivity index (χ0v) is 13.9. The molecule has 118 valence electrons. The molecule has 0 aromatic heterocycles. The van der Waals surface area contributed by atoms with E-state index in [0.717, 1.165) is 19.4 Å². The molecule has 0 saturated carbocycles. The molecule has 0 heterocycles. The monoisotopic (exact) mass is 336 g/mol. The standard InChI is InChI=1S/C16H20N2O2S2/c19-22(20,16-11-5-2-6-12-16)18-14-8-7-13-17-21-15-9-3-1-4-10-15/h1-6,9-12,17-18H,7-8,13-14H2. The lowest BCUT2D eigenvalue weighted by Gasteiger charge is -2.07. The van der Waals surface area contributed by atoms with Crippen LogP contribution in [-0.4, -0.2) is 21.5 Å². The molecule has 2 rings (SSSR count). The summed E-state index contributed by atoms with van der Waals surface area (Å²) < 4.78 is 29.8. The highest BCUT2D eigenvalue weighted by Crippen LogP contribution is 2.12. The third-order valence-electron chi connectivity index (χ3n) is 2.98. The van der Waals surface area contributed by atoms with E-state index < -0.39 is 10.0 Å². The normalized spacial score (nSPS) is 11.5. The van der Waals surface area contributed by atoms with Crippen LogP contribution in [0.2, 0.25) is 0 Å². The maximum atomic E-state index is 12.0. The lowest BCUT2D eigenvalue weighted by Crippen LogP contribution is -2.25. The molecule has 0 aliphatic heterocycles. The number of benzene rings is 2. The summed E-state index contributed by atoms with van der Waals surface area (Å²) in [5.74, 6) is 0. The van der Waals surface area contributed by atoms with Gasteiger partial charge in [0.25, 0.3) is 0 Å². The van der Waals surface area contributed by atoms with Gasteiger partial charge >= 0.3 is 0 Å². The smallest absolute Gasteiger partial charge is 0.240 e. The third-order valence-corrected chi connectivity index (χ3v) is 5.32. The van der Waals surface area contributed by atoms with Gasteiger partial charge in [0.15, 0.2) is 0 Å². The summed E-state index contributed by atoms with van der Waals surface area (Å²) in [6, 6.07) is 18.5. The minimum atomic E-state index is -3.37. The lowest BCUT2D eigenvalue weighted by molar-refractivity contribution is 0.576. The van der Waals surface area contributed by atoms with Crippen LogP contribution in [0.5, 0.6) is 0 Å². The number of hydrogen-bond acceptors (Lipinski definition) is 4. The second kappa shape index (κ2) is 8.95. The number of nitrogens with one attached hydrogen (secondary N) is 2. The molecule has 2 aromatic rings. The van der Waals surface area contributed by atoms with Gasteiger partial charge in [0.05, 0.1) is 4.90 Å². The van der Waals surface area contributed by atoms with Crippen molar-refractivity contribution < 1.29 is 8.42 Å². The van der Waals surface area contributed by atoms with Gasteiger partial charge in [-0.2, -0.15) is 0 Å². The largest absolute Gasteiger partial charge is 0.260 e. The van der Waals surface area contributed by atoms with E-state index in [0.29, 0.717) is 11.4 Å². The fourth-order valence-electron chi connectivity index (χ4n) is 1.83. The van der Waals surface area contributed by atoms with Crippen LogP contribution in [0.15, 0.2) is 70.5 Å². The van der Waals surface area contributed by atoms with E-state index in [4.69, 9.17) is 0 Å². The maximum Gasteiger partial charge on any atom is 0.240 e. The minimum Gasteiger partial charge on any atom is -0.260 e. The molecule has 0 aliphatic carbocycles. The van der Waals surface area contributed by atoms with Crippen molar-refractivity contribution in [3.8, 4) is 0 Å². The van der Waals surface area contributed by atoms with Crippen LogP contribution in [0.3, 0.4) is 0 Å². The summed E-state index contributed by atoms with van der Waals surface area (Å²) in [5.41, 5.74) is 0. The molecule has 0 amide bonds. The van der Waals surface area contributed by atoms with E-state index in [2.05, 4.69) is 9.44 Å². The summed E-state index contributed by atoms with van der Waals surface area (Å²) >= 11 is 1.59. The van der Waals surface area contributed by atoms with E-state index >= 15 is 0 Å². The van der Waals surface area contributed by atoms with Crippen molar-refractivity contribution in [1.29, 1.82) is 0 Å². The molecule has 0 saturated heterocycles. The average molecular weight is 336 g/mol. The topological polar surface area (TPSA) is 58.2 Å². The molecule has 0 spiro atoms. The second-order valence-electron chi connectivity index (χ2n) is 4.73. The molecule has 0 unspecified atom stereocenters. The van der Waals surface area contributed by atoms with E-state index in [9.17, 15) is 8.42 Å². The summed E-state index contributed by atoms with van der Waals surface area (Å²) in [6.45, 7) is 1.29. The highest BCUT2D eigenvalue weighted by molar-refractivity contribution is 7.97. The van der Waals surface area contributed by atoms with Crippen molar-refractivity contribution in [3.63, 3.8) is 0 Å². The van der Waals surface area contributed by atoms with Crippen LogP contribution in [0.1, 0.15) is 12.8 Å². The second-order valence-corrected chi connectivity index (χ2v) is 7.46. The molecule has 22 heavy (non-hydrogen) atoms. The van der Waals surface area contributed by atoms with Gasteiger partial charge in [-0.25, -0.2) is 13.1 Å². The van der Waals surface area contributed by atoms with Gasteiger partial charge in [-0.3, -0.25) is 4.72 Å². The van der Waals surface area contributed by atoms with Crippen molar-refractivity contribution in [3.05, 3.63) is 60.7 Å². The summed E-state index contributed by atoms with van der Waals surface area (Å²) in [5, 5.41) is 0. The predicted molar refractivity (Wildman–Crippen MR) is 91.2 cm³/mol. The Morgan fingerprint density at radius 1 is 0.818 bits per heavy atom. The van der Waals surface area contributed by atoms with Crippen LogP contribution in [-0.2, 0) is 10.0 Å². The molecule has 0 atom stereocenters. The zero-order valence-electron chi connectivity index (χ0n) is 12.2. The number of sulfonamides is 1. The zero-order chi connectivity index (χ0) is 15.7. The van der Waals surface area contributed by atoms with Crippen molar-refractivity contribution in [1.82, 2.24) is 9.44 Å². The molecule has 6 heteroatoms. The first kappa shape index (κ1) is 17.0. The first-order valence-corrected chi connectivity index (χ1v) is 9.48. The van der Waals surface area contributed by atoms with Gasteiger partial charge < -0.3 is 0 Å². The van der Waals surface area contributed by atoms with Crippen LogP contribution >= 0.6 is 11.9 Å². The summed E-state index contributed by atoms with van der Waals surface area (Å²) in [6.07, 6.45) is 1.71. The van der Waals surface area contributed by atoms with Gasteiger partial charge in [0.2, 0.25) is 10.0 Å². The van der Waals surface area contributed by atoms with Crippen molar-refractivity contribution >= 4 is 22.0 Å². The fraction of sp³-hybridized carbons (Fsp3) is 0.250. The summed E-state index contributed by atoms with van der Waals surface area (Å²) in [4.78, 5) is 1.49. The Kier molecular flexibility index (Phi) is 6.92. The van der Waals surface area contributed by atoms with Crippen LogP contribution in [0.4, 0.5) is 0 Å². The Balaban J connectivity index is 1.60. The van der Waals surface area contributed by atoms with Gasteiger partial charge in [-0.15, -0.1) is 0 Å². The molecular weight excluding hydrogens is 316 g/mol. The summed E-state index contributed by atoms with van der Waals surface area (Å²) in [7, 11) is -3.37. The van der Waals surface area contributed by atoms with E-state index in [-0.39, 0.29) is 0 Å². The van der Waals surface area contributed by atoms with Crippen molar-refractivity contribution in [2.45, 2.75) is 22.6 Å². The molecule has 0 radical (unpaired) electrons. The van der Waals surface area contributed by atoms with E-state index in [1.54, 1.807) is 42.3 Å². The van der Waals surface area contributed by atoms with Gasteiger partial charge in [-0.05, 0) is 49.1 Å². The Labute approximate surface area is 136 Å². The third kappa shape index (κ3) is 5.81. The highest BCUT2D eigenvalue weighted by atomic mass is 32.2. The number of hydrogen-bond donors (Lipinski definition) is 2. The molecule has 0 fully saturated rings. The molecule has 0 bridgehead atoms. The Bertz CT molecular complexity index is 646. The first-order valence-electron chi connectivity index (χ1n) is 7.18. The lowest BCUT2D eigenvalue weighted by atomic mass is 10.3. The minimum absolute atomic E-state index is 0.313. The molecule has 2 aromatic carbocycles. The average Bonchev–Trinajstić information content (AvgIpc) is 2.56. The molecule has 2 N–H and O–H groups in total. The molecule has 4 nitrogen and oxygen atoms in total. The first-order chi connectivity index (χ1) is 10.7. The Hall–Kier alpha value is -1.34. The molecular formula is C16H20N2O2S2. The SMILES string of the molecule is O=S(=O)(NCCCCNSc1ccccc1)c1ccccc1. The van der Waals surface area contributed by atoms with Crippen LogP contribution < -0.4 is 9.44 Å². The van der Waals surface area contributed by atoms with Crippen molar-refractivity contribution in [2.24, 2.45) is 0 Å². The number of unbranched alkanes of at least 4 members (excludes halogenated alkanes) is 1. The van der Waals surface area contributed by atoms with Gasteiger partial charge in [0.1, 0.15) is 0 Å². The quantitative estimate of drug-likeness (QED) is 0.546. The Morgan fingerprint density at radius 3 is 2.09 bits per heavy atom. The van der Waals surface area contributed by atoms with Gasteiger partial charge in [0, 0.05) is 18.0 Å². The van der Waals surface area contributed by atoms with E-state index in [1.165, 1.54) is 4.90 Å². The maximum absolute atomic E-state index is 12.0. The van der Waals surface area contributed by atoms with Crippen LogP contribution in [0.25, 0.3) is 0 Å². The molecule has 0 aliphatic rings. The van der Waals surface area contributed by atoms with E-state index in [1.807, 2.05) is 30.3 Å². The van der Waals surface area contributed by atoms with Crippen LogP contribution in [0, 0.1) is 0 Å².